The molecule has 0 aromatic carbocycles. The normalized spacial score (nSPS) is 75.3. The third-order valence-electron chi connectivity index (χ3n) is 7.66. The van der Waals surface area contributed by atoms with Gasteiger partial charge in [-0.25, -0.2) is 0 Å². The Morgan fingerprint density at radius 2 is 0.667 bits per heavy atom. The third-order valence-corrected chi connectivity index (χ3v) is 7.66. The van der Waals surface area contributed by atoms with E-state index < -0.39 is 0 Å². The fourth-order valence-corrected chi connectivity index (χ4v) is 6.45. The van der Waals surface area contributed by atoms with Crippen LogP contribution in [0.5, 0.6) is 0 Å². The maximum absolute atomic E-state index is 6.36. The van der Waals surface area contributed by atoms with Gasteiger partial charge in [0, 0.05) is 0 Å². The Hall–Kier alpha value is -0.0800. The summed E-state index contributed by atoms with van der Waals surface area (Å²) < 4.78 is 12.7. The average molecular weight is 248 g/mol. The second kappa shape index (κ2) is 2.98. The number of hydrogen-bond acceptors (Lipinski definition) is 2. The fourth-order valence-electron chi connectivity index (χ4n) is 6.45. The highest BCUT2D eigenvalue weighted by molar-refractivity contribution is 5.22. The first-order chi connectivity index (χ1) is 8.61. The van der Waals surface area contributed by atoms with Gasteiger partial charge in [0.2, 0.25) is 0 Å². The Kier molecular flexibility index (Phi) is 1.77. The SMILES string of the molecule is CC1C(C)C2OC1C1C2C2C3OC(C(C)C3C)C12. The van der Waals surface area contributed by atoms with Crippen LogP contribution in [0, 0.1) is 47.3 Å². The van der Waals surface area contributed by atoms with Gasteiger partial charge in [-0.05, 0) is 47.3 Å². The summed E-state index contributed by atoms with van der Waals surface area (Å²) in [6.45, 7) is 9.61. The molecule has 0 amide bonds. The second-order valence-electron chi connectivity index (χ2n) is 7.88. The molecule has 4 aliphatic heterocycles. The lowest BCUT2D eigenvalue weighted by molar-refractivity contribution is -0.0831. The summed E-state index contributed by atoms with van der Waals surface area (Å²) in [4.78, 5) is 0. The van der Waals surface area contributed by atoms with Crippen molar-refractivity contribution >= 4 is 0 Å². The minimum Gasteiger partial charge on any atom is -0.374 e. The monoisotopic (exact) mass is 248 g/mol. The van der Waals surface area contributed by atoms with Crippen molar-refractivity contribution in [1.29, 1.82) is 0 Å². The van der Waals surface area contributed by atoms with Gasteiger partial charge in [-0.1, -0.05) is 27.7 Å². The highest BCUT2D eigenvalue weighted by atomic mass is 16.5. The molecule has 4 heterocycles. The van der Waals surface area contributed by atoms with E-state index in [1.807, 2.05) is 0 Å². The largest absolute Gasteiger partial charge is 0.374 e. The van der Waals surface area contributed by atoms with Crippen molar-refractivity contribution in [2.24, 2.45) is 47.3 Å². The first-order valence-corrected chi connectivity index (χ1v) is 7.92. The summed E-state index contributed by atoms with van der Waals surface area (Å²) in [5.74, 6) is 6.45. The molecule has 0 aromatic rings. The first kappa shape index (κ1) is 10.7. The van der Waals surface area contributed by atoms with E-state index in [1.54, 1.807) is 0 Å². The van der Waals surface area contributed by atoms with E-state index in [1.165, 1.54) is 0 Å². The van der Waals surface area contributed by atoms with Gasteiger partial charge in [-0.3, -0.25) is 0 Å². The molecule has 4 saturated heterocycles. The van der Waals surface area contributed by atoms with Gasteiger partial charge in [-0.2, -0.15) is 0 Å². The molecule has 2 heteroatoms. The molecule has 0 radical (unpaired) electrons. The van der Waals surface area contributed by atoms with Gasteiger partial charge in [-0.15, -0.1) is 0 Å². The molecule has 8 atom stereocenters. The summed E-state index contributed by atoms with van der Waals surface area (Å²) in [6.07, 6.45) is 2.23. The van der Waals surface area contributed by atoms with Crippen LogP contribution in [0.15, 0.2) is 0 Å². The van der Waals surface area contributed by atoms with E-state index in [0.717, 1.165) is 47.3 Å². The molecule has 5 aliphatic rings. The van der Waals surface area contributed by atoms with Crippen LogP contribution in [0.3, 0.4) is 0 Å². The predicted octanol–water partition coefficient (Wildman–Crippen LogP) is 2.57. The standard InChI is InChI=1S/C16H24O2/c1-5-6(2)14-10-9(13(5)17-14)11-12(10)16-8(4)7(3)15(11)18-16/h5-16H,1-4H3. The van der Waals surface area contributed by atoms with Gasteiger partial charge in [0.25, 0.3) is 0 Å². The maximum Gasteiger partial charge on any atom is 0.0643 e. The van der Waals surface area contributed by atoms with E-state index in [2.05, 4.69) is 27.7 Å². The fraction of sp³-hybridized carbons (Fsp3) is 1.00. The van der Waals surface area contributed by atoms with Crippen molar-refractivity contribution in [2.45, 2.75) is 52.1 Å². The Bertz CT molecular complexity index is 326. The minimum absolute atomic E-state index is 0.557. The first-order valence-electron chi connectivity index (χ1n) is 7.92. The Morgan fingerprint density at radius 1 is 0.444 bits per heavy atom. The number of rotatable bonds is 0. The zero-order valence-corrected chi connectivity index (χ0v) is 11.7. The van der Waals surface area contributed by atoms with E-state index in [4.69, 9.17) is 9.47 Å². The van der Waals surface area contributed by atoms with Crippen molar-refractivity contribution in [3.8, 4) is 0 Å². The van der Waals surface area contributed by atoms with Crippen molar-refractivity contribution in [1.82, 2.24) is 0 Å². The van der Waals surface area contributed by atoms with E-state index in [0.29, 0.717) is 24.4 Å². The average Bonchev–Trinajstić information content (AvgIpc) is 2.97. The zero-order valence-electron chi connectivity index (χ0n) is 11.7. The molecule has 18 heavy (non-hydrogen) atoms. The van der Waals surface area contributed by atoms with Crippen LogP contribution in [-0.4, -0.2) is 24.4 Å². The molecule has 0 spiro atoms. The number of fused-ring (bicyclic) bond motifs is 12. The molecule has 5 fully saturated rings. The molecular weight excluding hydrogens is 224 g/mol. The summed E-state index contributed by atoms with van der Waals surface area (Å²) in [5, 5.41) is 0. The van der Waals surface area contributed by atoms with E-state index in [-0.39, 0.29) is 0 Å². The Balaban J connectivity index is 1.52. The van der Waals surface area contributed by atoms with Gasteiger partial charge >= 0.3 is 0 Å². The quantitative estimate of drug-likeness (QED) is 0.656. The van der Waals surface area contributed by atoms with Crippen LogP contribution < -0.4 is 0 Å². The molecule has 8 unspecified atom stereocenters. The summed E-state index contributed by atoms with van der Waals surface area (Å²) in [5.41, 5.74) is 0. The topological polar surface area (TPSA) is 18.5 Å². The van der Waals surface area contributed by atoms with E-state index >= 15 is 0 Å². The van der Waals surface area contributed by atoms with Crippen molar-refractivity contribution in [3.05, 3.63) is 0 Å². The van der Waals surface area contributed by atoms with Gasteiger partial charge in [0.05, 0.1) is 24.4 Å². The van der Waals surface area contributed by atoms with Crippen LogP contribution in [0.4, 0.5) is 0 Å². The lowest BCUT2D eigenvalue weighted by Gasteiger charge is -2.57. The molecular formula is C16H24O2. The maximum atomic E-state index is 6.36. The van der Waals surface area contributed by atoms with Crippen LogP contribution in [0.2, 0.25) is 0 Å². The number of ether oxygens (including phenoxy) is 2. The smallest absolute Gasteiger partial charge is 0.0643 e. The van der Waals surface area contributed by atoms with Crippen LogP contribution in [0.1, 0.15) is 27.7 Å². The molecule has 0 N–H and O–H groups in total. The minimum atomic E-state index is 0.557. The summed E-state index contributed by atoms with van der Waals surface area (Å²) in [6, 6.07) is 0. The highest BCUT2D eigenvalue weighted by Crippen LogP contribution is 2.71. The van der Waals surface area contributed by atoms with E-state index in [9.17, 15) is 0 Å². The van der Waals surface area contributed by atoms with Crippen LogP contribution in [-0.2, 0) is 9.47 Å². The van der Waals surface area contributed by atoms with Gasteiger partial charge in [0.1, 0.15) is 0 Å². The third kappa shape index (κ3) is 0.867. The lowest BCUT2D eigenvalue weighted by atomic mass is 9.44. The molecule has 1 aliphatic carbocycles. The van der Waals surface area contributed by atoms with Crippen molar-refractivity contribution in [3.63, 3.8) is 0 Å². The second-order valence-corrected chi connectivity index (χ2v) is 7.88. The van der Waals surface area contributed by atoms with Crippen LogP contribution >= 0.6 is 0 Å². The van der Waals surface area contributed by atoms with Crippen molar-refractivity contribution < 1.29 is 9.47 Å². The molecule has 100 valence electrons. The van der Waals surface area contributed by atoms with Crippen molar-refractivity contribution in [2.75, 3.05) is 0 Å². The van der Waals surface area contributed by atoms with Gasteiger partial charge < -0.3 is 9.47 Å². The molecule has 5 rings (SSSR count). The van der Waals surface area contributed by atoms with Gasteiger partial charge in [0.15, 0.2) is 0 Å². The molecule has 1 saturated carbocycles. The Morgan fingerprint density at radius 3 is 0.889 bits per heavy atom. The Labute approximate surface area is 109 Å². The number of hydrogen-bond donors (Lipinski definition) is 0. The van der Waals surface area contributed by atoms with Crippen LogP contribution in [0.25, 0.3) is 0 Å². The molecule has 2 nitrogen and oxygen atoms in total. The zero-order chi connectivity index (χ0) is 12.3. The lowest BCUT2D eigenvalue weighted by Crippen LogP contribution is -2.62. The molecule has 4 bridgehead atoms. The summed E-state index contributed by atoms with van der Waals surface area (Å²) in [7, 11) is 0. The summed E-state index contributed by atoms with van der Waals surface area (Å²) >= 11 is 0. The molecule has 0 aromatic heterocycles. The highest BCUT2D eigenvalue weighted by Gasteiger charge is 2.76. The predicted molar refractivity (Wildman–Crippen MR) is 67.9 cm³/mol.